The number of halogens is 2. The van der Waals surface area contributed by atoms with Gasteiger partial charge in [-0.15, -0.1) is 0 Å². The summed E-state index contributed by atoms with van der Waals surface area (Å²) in [4.78, 5) is 0. The summed E-state index contributed by atoms with van der Waals surface area (Å²) in [5.41, 5.74) is 0.325. The molecule has 1 N–H and O–H groups in total. The van der Waals surface area contributed by atoms with Gasteiger partial charge in [-0.2, -0.15) is 0 Å². The van der Waals surface area contributed by atoms with Gasteiger partial charge in [0, 0.05) is 18.2 Å². The molecule has 0 amide bonds. The van der Waals surface area contributed by atoms with Gasteiger partial charge in [0.05, 0.1) is 12.7 Å². The van der Waals surface area contributed by atoms with Crippen molar-refractivity contribution in [3.63, 3.8) is 0 Å². The number of hydrogen-bond acceptors (Lipinski definition) is 2. The van der Waals surface area contributed by atoms with Crippen molar-refractivity contribution in [1.82, 2.24) is 5.32 Å². The third-order valence-corrected chi connectivity index (χ3v) is 4.29. The Morgan fingerprint density at radius 2 is 2.00 bits per heavy atom. The smallest absolute Gasteiger partial charge is 0.129 e. The summed E-state index contributed by atoms with van der Waals surface area (Å²) in [6.45, 7) is 1.19. The third-order valence-electron chi connectivity index (χ3n) is 4.29. The van der Waals surface area contributed by atoms with Crippen LogP contribution in [0.5, 0.6) is 0 Å². The minimum atomic E-state index is -0.415. The van der Waals surface area contributed by atoms with Crippen LogP contribution in [0.25, 0.3) is 0 Å². The number of benzene rings is 1. The fourth-order valence-electron chi connectivity index (χ4n) is 3.19. The second-order valence-electron chi connectivity index (χ2n) is 5.55. The van der Waals surface area contributed by atoms with Gasteiger partial charge < -0.3 is 10.1 Å². The van der Waals surface area contributed by atoms with Crippen molar-refractivity contribution < 1.29 is 13.5 Å². The lowest BCUT2D eigenvalue weighted by Crippen LogP contribution is -2.38. The summed E-state index contributed by atoms with van der Waals surface area (Å²) >= 11 is 0. The normalized spacial score (nSPS) is 31.6. The van der Waals surface area contributed by atoms with Crippen LogP contribution in [0.1, 0.15) is 37.4 Å². The summed E-state index contributed by atoms with van der Waals surface area (Å²) < 4.78 is 32.9. The molecule has 0 bridgehead atoms. The molecule has 3 atom stereocenters. The summed E-state index contributed by atoms with van der Waals surface area (Å²) in [6.07, 6.45) is 4.42. The lowest BCUT2D eigenvalue weighted by molar-refractivity contribution is 0.0380. The Labute approximate surface area is 112 Å². The average Bonchev–Trinajstić information content (AvgIpc) is 2.64. The minimum Gasteiger partial charge on any atom is -0.372 e. The van der Waals surface area contributed by atoms with Gasteiger partial charge in [0.2, 0.25) is 0 Å². The lowest BCUT2D eigenvalue weighted by atomic mass is 9.85. The van der Waals surface area contributed by atoms with E-state index in [4.69, 9.17) is 4.74 Å². The van der Waals surface area contributed by atoms with E-state index < -0.39 is 11.6 Å². The van der Waals surface area contributed by atoms with Crippen LogP contribution in [-0.2, 0) is 4.74 Å². The van der Waals surface area contributed by atoms with E-state index in [1.807, 2.05) is 0 Å². The van der Waals surface area contributed by atoms with Crippen LogP contribution in [0.4, 0.5) is 8.78 Å². The van der Waals surface area contributed by atoms with Crippen molar-refractivity contribution in [3.8, 4) is 0 Å². The molecule has 1 saturated heterocycles. The van der Waals surface area contributed by atoms with Crippen molar-refractivity contribution in [2.45, 2.75) is 37.8 Å². The summed E-state index contributed by atoms with van der Waals surface area (Å²) in [5, 5.41) is 3.46. The van der Waals surface area contributed by atoms with Crippen LogP contribution in [0.15, 0.2) is 18.2 Å². The van der Waals surface area contributed by atoms with Gasteiger partial charge in [-0.1, -0.05) is 12.8 Å². The van der Waals surface area contributed by atoms with Crippen LogP contribution in [0, 0.1) is 17.6 Å². The Kier molecular flexibility index (Phi) is 3.80. The highest BCUT2D eigenvalue weighted by Crippen LogP contribution is 2.31. The summed E-state index contributed by atoms with van der Waals surface area (Å²) in [6, 6.07) is 4.03. The lowest BCUT2D eigenvalue weighted by Gasteiger charge is -2.29. The van der Waals surface area contributed by atoms with E-state index >= 15 is 0 Å². The molecule has 0 radical (unpaired) electrons. The molecule has 1 aromatic rings. The Hall–Kier alpha value is -1.00. The maximum atomic E-state index is 13.8. The third kappa shape index (κ3) is 2.79. The van der Waals surface area contributed by atoms with Crippen molar-refractivity contribution in [1.29, 1.82) is 0 Å². The highest BCUT2D eigenvalue weighted by atomic mass is 19.1. The fraction of sp³-hybridized carbons (Fsp3) is 0.600. The van der Waals surface area contributed by atoms with Crippen molar-refractivity contribution in [2.24, 2.45) is 5.92 Å². The predicted octanol–water partition coefficient (Wildman–Crippen LogP) is 3.18. The monoisotopic (exact) mass is 267 g/mol. The minimum absolute atomic E-state index is 0.325. The molecule has 1 aromatic carbocycles. The number of fused-ring (bicyclic) bond motifs is 1. The molecule has 19 heavy (non-hydrogen) atoms. The Bertz CT molecular complexity index is 436. The second-order valence-corrected chi connectivity index (χ2v) is 5.55. The fourth-order valence-corrected chi connectivity index (χ4v) is 3.19. The molecule has 1 aliphatic heterocycles. The van der Waals surface area contributed by atoms with Gasteiger partial charge in [-0.05, 0) is 37.0 Å². The van der Waals surface area contributed by atoms with Gasteiger partial charge in [0.15, 0.2) is 0 Å². The molecular formula is C15H19F2NO. The molecule has 3 unspecified atom stereocenters. The maximum absolute atomic E-state index is 13.8. The van der Waals surface area contributed by atoms with E-state index in [9.17, 15) is 8.78 Å². The highest BCUT2D eigenvalue weighted by molar-refractivity contribution is 5.22. The molecule has 0 aromatic heterocycles. The van der Waals surface area contributed by atoms with Crippen LogP contribution in [0.3, 0.4) is 0 Å². The number of nitrogens with one attached hydrogen (secondary N) is 1. The molecule has 1 saturated carbocycles. The molecule has 0 spiro atoms. The summed E-state index contributed by atoms with van der Waals surface area (Å²) in [5.74, 6) is -0.296. The maximum Gasteiger partial charge on any atom is 0.129 e. The zero-order valence-corrected chi connectivity index (χ0v) is 10.9. The van der Waals surface area contributed by atoms with Gasteiger partial charge >= 0.3 is 0 Å². The van der Waals surface area contributed by atoms with E-state index in [-0.39, 0.29) is 6.10 Å². The van der Waals surface area contributed by atoms with Crippen LogP contribution >= 0.6 is 0 Å². The first-order valence-electron chi connectivity index (χ1n) is 7.04. The first-order valence-corrected chi connectivity index (χ1v) is 7.04. The van der Waals surface area contributed by atoms with Crippen molar-refractivity contribution >= 4 is 0 Å². The molecule has 1 heterocycles. The standard InChI is InChI=1S/C15H19F2NO/c16-11-5-6-13(17)12(7-11)15-8-18-14-4-2-1-3-10(14)9-19-15/h5-7,10,14-15,18H,1-4,8-9H2. The predicted molar refractivity (Wildman–Crippen MR) is 68.8 cm³/mol. The molecule has 2 aliphatic rings. The van der Waals surface area contributed by atoms with Gasteiger partial charge in [-0.25, -0.2) is 8.78 Å². The SMILES string of the molecule is Fc1ccc(F)c(C2CNC3CCCCC3CO2)c1. The quantitative estimate of drug-likeness (QED) is 0.843. The van der Waals surface area contributed by atoms with E-state index in [1.165, 1.54) is 25.0 Å². The Morgan fingerprint density at radius 1 is 1.16 bits per heavy atom. The molecule has 4 heteroatoms. The zero-order valence-electron chi connectivity index (χ0n) is 10.9. The highest BCUT2D eigenvalue weighted by Gasteiger charge is 2.30. The summed E-state index contributed by atoms with van der Waals surface area (Å²) in [7, 11) is 0. The average molecular weight is 267 g/mol. The topological polar surface area (TPSA) is 21.3 Å². The molecule has 1 aliphatic carbocycles. The van der Waals surface area contributed by atoms with E-state index in [2.05, 4.69) is 5.32 Å². The number of rotatable bonds is 1. The largest absolute Gasteiger partial charge is 0.372 e. The zero-order chi connectivity index (χ0) is 13.2. The van der Waals surface area contributed by atoms with E-state index in [1.54, 1.807) is 0 Å². The molecule has 104 valence electrons. The van der Waals surface area contributed by atoms with Crippen molar-refractivity contribution in [3.05, 3.63) is 35.4 Å². The van der Waals surface area contributed by atoms with Crippen LogP contribution < -0.4 is 5.32 Å². The van der Waals surface area contributed by atoms with Crippen molar-refractivity contribution in [2.75, 3.05) is 13.2 Å². The van der Waals surface area contributed by atoms with Gasteiger partial charge in [0.1, 0.15) is 11.6 Å². The molecule has 2 nitrogen and oxygen atoms in total. The number of ether oxygens (including phenoxy) is 1. The van der Waals surface area contributed by atoms with Gasteiger partial charge in [0.25, 0.3) is 0 Å². The Morgan fingerprint density at radius 3 is 2.89 bits per heavy atom. The Balaban J connectivity index is 1.77. The van der Waals surface area contributed by atoms with Crippen LogP contribution in [0.2, 0.25) is 0 Å². The van der Waals surface area contributed by atoms with Gasteiger partial charge in [-0.3, -0.25) is 0 Å². The molecule has 2 fully saturated rings. The molecule has 3 rings (SSSR count). The first-order chi connectivity index (χ1) is 9.24. The van der Waals surface area contributed by atoms with E-state index in [0.717, 1.165) is 18.9 Å². The first kappa shape index (κ1) is 13.0. The van der Waals surface area contributed by atoms with E-state index in [0.29, 0.717) is 30.7 Å². The molecular weight excluding hydrogens is 248 g/mol. The van der Waals surface area contributed by atoms with Crippen LogP contribution in [-0.4, -0.2) is 19.2 Å². The number of hydrogen-bond donors (Lipinski definition) is 1. The second kappa shape index (κ2) is 5.55.